The Morgan fingerprint density at radius 3 is 2.75 bits per heavy atom. The van der Waals surface area contributed by atoms with E-state index in [2.05, 4.69) is 36.5 Å². The number of benzene rings is 1. The third-order valence-corrected chi connectivity index (χ3v) is 4.25. The molecule has 0 atom stereocenters. The van der Waals surface area contributed by atoms with Crippen molar-refractivity contribution in [2.75, 3.05) is 23.4 Å². The fourth-order valence-electron chi connectivity index (χ4n) is 2.17. The first-order valence-electron chi connectivity index (χ1n) is 5.87. The van der Waals surface area contributed by atoms with E-state index < -0.39 is 0 Å². The van der Waals surface area contributed by atoms with Crippen LogP contribution in [0.2, 0.25) is 0 Å². The fraction of sp³-hybridized carbons (Fsp3) is 0.538. The molecule has 3 heteroatoms. The molecule has 16 heavy (non-hydrogen) atoms. The van der Waals surface area contributed by atoms with E-state index in [-0.39, 0.29) is 5.54 Å². The van der Waals surface area contributed by atoms with Gasteiger partial charge >= 0.3 is 0 Å². The molecule has 2 rings (SSSR count). The lowest BCUT2D eigenvalue weighted by Gasteiger charge is -2.37. The van der Waals surface area contributed by atoms with E-state index in [1.54, 1.807) is 0 Å². The van der Waals surface area contributed by atoms with Gasteiger partial charge in [0.25, 0.3) is 0 Å². The maximum Gasteiger partial charge on any atom is 0.0511 e. The van der Waals surface area contributed by atoms with Gasteiger partial charge < -0.3 is 11.1 Å². The molecule has 0 saturated carbocycles. The van der Waals surface area contributed by atoms with Gasteiger partial charge in [0, 0.05) is 12.2 Å². The molecule has 0 spiro atoms. The van der Waals surface area contributed by atoms with Gasteiger partial charge in [-0.3, -0.25) is 0 Å². The molecule has 3 N–H and O–H groups in total. The van der Waals surface area contributed by atoms with Gasteiger partial charge in [-0.2, -0.15) is 11.8 Å². The van der Waals surface area contributed by atoms with Gasteiger partial charge in [0.2, 0.25) is 0 Å². The summed E-state index contributed by atoms with van der Waals surface area (Å²) >= 11 is 2.03. The van der Waals surface area contributed by atoms with Gasteiger partial charge in [-0.15, -0.1) is 0 Å². The first kappa shape index (κ1) is 11.8. The summed E-state index contributed by atoms with van der Waals surface area (Å²) in [6.07, 6.45) is 2.34. The van der Waals surface area contributed by atoms with E-state index in [0.29, 0.717) is 0 Å². The Morgan fingerprint density at radius 2 is 2.12 bits per heavy atom. The minimum absolute atomic E-state index is 0.124. The highest BCUT2D eigenvalue weighted by Crippen LogP contribution is 2.30. The summed E-state index contributed by atoms with van der Waals surface area (Å²) in [4.78, 5) is 0. The van der Waals surface area contributed by atoms with E-state index in [1.165, 1.54) is 35.6 Å². The standard InChI is InChI=1S/C13H20N2S/c1-11-3-2-4-12(9-11)15-13(10-14)5-7-16-8-6-13/h2-4,9,15H,5-8,10,14H2,1H3. The number of thioether (sulfide) groups is 1. The second-order valence-electron chi connectivity index (χ2n) is 4.59. The van der Waals surface area contributed by atoms with E-state index in [0.717, 1.165) is 6.54 Å². The SMILES string of the molecule is Cc1cccc(NC2(CN)CCSCC2)c1. The lowest BCUT2D eigenvalue weighted by Crippen LogP contribution is -2.48. The highest BCUT2D eigenvalue weighted by atomic mass is 32.2. The summed E-state index contributed by atoms with van der Waals surface area (Å²) in [6, 6.07) is 8.54. The molecule has 88 valence electrons. The Balaban J connectivity index is 2.11. The molecule has 2 nitrogen and oxygen atoms in total. The lowest BCUT2D eigenvalue weighted by molar-refractivity contribution is 0.443. The van der Waals surface area contributed by atoms with Gasteiger partial charge in [0.15, 0.2) is 0 Å². The summed E-state index contributed by atoms with van der Waals surface area (Å²) in [6.45, 7) is 2.85. The molecule has 1 heterocycles. The second-order valence-corrected chi connectivity index (χ2v) is 5.82. The van der Waals surface area contributed by atoms with E-state index in [4.69, 9.17) is 5.73 Å². The Hall–Kier alpha value is -0.670. The largest absolute Gasteiger partial charge is 0.378 e. The van der Waals surface area contributed by atoms with Crippen molar-refractivity contribution < 1.29 is 0 Å². The van der Waals surface area contributed by atoms with Crippen LogP contribution in [0.5, 0.6) is 0 Å². The number of nitrogens with two attached hydrogens (primary N) is 1. The van der Waals surface area contributed by atoms with Gasteiger partial charge in [-0.1, -0.05) is 12.1 Å². The number of anilines is 1. The van der Waals surface area contributed by atoms with Crippen molar-refractivity contribution in [3.8, 4) is 0 Å². The molecule has 1 aromatic carbocycles. The van der Waals surface area contributed by atoms with Gasteiger partial charge in [-0.25, -0.2) is 0 Å². The van der Waals surface area contributed by atoms with Gasteiger partial charge in [0.05, 0.1) is 5.54 Å². The number of nitrogens with one attached hydrogen (secondary N) is 1. The molecular formula is C13H20N2S. The van der Waals surface area contributed by atoms with Crippen LogP contribution in [-0.4, -0.2) is 23.6 Å². The maximum absolute atomic E-state index is 5.95. The molecule has 1 aromatic rings. The summed E-state index contributed by atoms with van der Waals surface area (Å²) in [5.74, 6) is 2.44. The minimum Gasteiger partial charge on any atom is -0.378 e. The normalized spacial score (nSPS) is 19.4. The zero-order chi connectivity index (χ0) is 11.4. The second kappa shape index (κ2) is 5.11. The highest BCUT2D eigenvalue weighted by molar-refractivity contribution is 7.99. The van der Waals surface area contributed by atoms with Gasteiger partial charge in [0.1, 0.15) is 0 Å². The predicted molar refractivity (Wildman–Crippen MR) is 73.1 cm³/mol. The molecule has 1 aliphatic heterocycles. The van der Waals surface area contributed by atoms with E-state index in [9.17, 15) is 0 Å². The smallest absolute Gasteiger partial charge is 0.0511 e. The third-order valence-electron chi connectivity index (χ3n) is 3.27. The number of aryl methyl sites for hydroxylation is 1. The average Bonchev–Trinajstić information content (AvgIpc) is 2.30. The molecule has 1 fully saturated rings. The van der Waals surface area contributed by atoms with Crippen molar-refractivity contribution in [3.05, 3.63) is 29.8 Å². The zero-order valence-electron chi connectivity index (χ0n) is 9.83. The highest BCUT2D eigenvalue weighted by Gasteiger charge is 2.30. The van der Waals surface area contributed by atoms with E-state index >= 15 is 0 Å². The number of rotatable bonds is 3. The Labute approximate surface area is 102 Å². The Kier molecular flexibility index (Phi) is 3.77. The molecular weight excluding hydrogens is 216 g/mol. The van der Waals surface area contributed by atoms with E-state index in [1.807, 2.05) is 11.8 Å². The van der Waals surface area contributed by atoms with Crippen molar-refractivity contribution in [2.45, 2.75) is 25.3 Å². The maximum atomic E-state index is 5.95. The lowest BCUT2D eigenvalue weighted by atomic mass is 9.92. The zero-order valence-corrected chi connectivity index (χ0v) is 10.6. The Bertz CT molecular complexity index is 346. The first-order valence-corrected chi connectivity index (χ1v) is 7.02. The van der Waals surface area contributed by atoms with Crippen LogP contribution in [0, 0.1) is 6.92 Å². The van der Waals surface area contributed by atoms with Crippen LogP contribution < -0.4 is 11.1 Å². The predicted octanol–water partition coefficient (Wildman–Crippen LogP) is 2.63. The average molecular weight is 236 g/mol. The molecule has 0 radical (unpaired) electrons. The van der Waals surface area contributed by atoms with Crippen molar-refractivity contribution in [3.63, 3.8) is 0 Å². The van der Waals surface area contributed by atoms with Crippen LogP contribution >= 0.6 is 11.8 Å². The van der Waals surface area contributed by atoms with Crippen LogP contribution in [0.15, 0.2) is 24.3 Å². The quantitative estimate of drug-likeness (QED) is 0.847. The Morgan fingerprint density at radius 1 is 1.38 bits per heavy atom. The monoisotopic (exact) mass is 236 g/mol. The minimum atomic E-state index is 0.124. The summed E-state index contributed by atoms with van der Waals surface area (Å²) in [5, 5.41) is 3.65. The topological polar surface area (TPSA) is 38.0 Å². The van der Waals surface area contributed by atoms with Crippen LogP contribution in [0.25, 0.3) is 0 Å². The van der Waals surface area contributed by atoms with Crippen LogP contribution in [0.3, 0.4) is 0 Å². The van der Waals surface area contributed by atoms with Crippen molar-refractivity contribution in [1.29, 1.82) is 0 Å². The molecule has 0 bridgehead atoms. The summed E-state index contributed by atoms with van der Waals surface area (Å²) < 4.78 is 0. The van der Waals surface area contributed by atoms with Crippen molar-refractivity contribution in [1.82, 2.24) is 0 Å². The van der Waals surface area contributed by atoms with Gasteiger partial charge in [-0.05, 0) is 49.0 Å². The molecule has 1 aliphatic rings. The molecule has 0 unspecified atom stereocenters. The molecule has 0 aliphatic carbocycles. The summed E-state index contributed by atoms with van der Waals surface area (Å²) in [5.41, 5.74) is 8.58. The number of hydrogen-bond donors (Lipinski definition) is 2. The molecule has 0 amide bonds. The van der Waals surface area contributed by atoms with Crippen molar-refractivity contribution in [2.24, 2.45) is 5.73 Å². The molecule has 1 saturated heterocycles. The fourth-order valence-corrected chi connectivity index (χ4v) is 3.45. The third kappa shape index (κ3) is 2.71. The van der Waals surface area contributed by atoms with Crippen LogP contribution in [0.1, 0.15) is 18.4 Å². The van der Waals surface area contributed by atoms with Crippen LogP contribution in [-0.2, 0) is 0 Å². The number of hydrogen-bond acceptors (Lipinski definition) is 3. The van der Waals surface area contributed by atoms with Crippen molar-refractivity contribution >= 4 is 17.4 Å². The first-order chi connectivity index (χ1) is 7.74. The summed E-state index contributed by atoms with van der Waals surface area (Å²) in [7, 11) is 0. The van der Waals surface area contributed by atoms with Crippen LogP contribution in [0.4, 0.5) is 5.69 Å². The molecule has 0 aromatic heterocycles.